The molecule has 0 spiro atoms. The third kappa shape index (κ3) is 7.71. The minimum atomic E-state index is -5.10. The largest absolute Gasteiger partial charge is 0.416 e. The van der Waals surface area contributed by atoms with Crippen molar-refractivity contribution in [2.24, 2.45) is 0 Å². The Morgan fingerprint density at radius 1 is 0.343 bits per heavy atom. The zero-order chi connectivity index (χ0) is 49.7. The SMILES string of the molecule is N#Cc1cccc(-c2ccc(-n3c4ccccc4c4cc(-c5cc(C(F)(F)F)cc(C(F)(F)F)c5)ccc43)c(C#N)c2-n2c3ccccc3c3cc(-c4cc(C(F)(F)F)cc(C(F)(F)F)c4)ccc32)c1. The number of nitriles is 2. The van der Waals surface area contributed by atoms with Gasteiger partial charge in [-0.2, -0.15) is 63.2 Å². The molecule has 0 unspecified atom stereocenters. The molecule has 0 N–H and O–H groups in total. The second kappa shape index (κ2) is 16.1. The molecule has 0 saturated heterocycles. The van der Waals surface area contributed by atoms with Gasteiger partial charge >= 0.3 is 24.7 Å². The lowest BCUT2D eigenvalue weighted by Gasteiger charge is -2.20. The molecule has 0 amide bonds. The maximum atomic E-state index is 14.0. The molecule has 0 atom stereocenters. The van der Waals surface area contributed by atoms with Crippen molar-refractivity contribution >= 4 is 43.6 Å². The Morgan fingerprint density at radius 2 is 0.786 bits per heavy atom. The van der Waals surface area contributed by atoms with Crippen LogP contribution in [-0.2, 0) is 24.7 Å². The van der Waals surface area contributed by atoms with Crippen LogP contribution in [0, 0.1) is 22.7 Å². The van der Waals surface area contributed by atoms with Gasteiger partial charge in [0.15, 0.2) is 0 Å². The smallest absolute Gasteiger partial charge is 0.308 e. The fourth-order valence-corrected chi connectivity index (χ4v) is 9.15. The second-order valence-electron chi connectivity index (χ2n) is 16.4. The third-order valence-corrected chi connectivity index (χ3v) is 12.2. The van der Waals surface area contributed by atoms with E-state index in [-0.39, 0.29) is 56.9 Å². The molecule has 8 aromatic carbocycles. The van der Waals surface area contributed by atoms with Crippen molar-refractivity contribution in [1.29, 1.82) is 10.5 Å². The van der Waals surface area contributed by atoms with E-state index in [1.165, 1.54) is 36.4 Å². The topological polar surface area (TPSA) is 57.4 Å². The number of aromatic nitrogens is 2. The van der Waals surface area contributed by atoms with Gasteiger partial charge in [0.25, 0.3) is 0 Å². The Morgan fingerprint density at radius 3 is 1.24 bits per heavy atom. The molecule has 0 aliphatic heterocycles. The molecule has 4 nitrogen and oxygen atoms in total. The minimum absolute atomic E-state index is 0.0348. The van der Waals surface area contributed by atoms with Gasteiger partial charge in [-0.25, -0.2) is 0 Å². The fraction of sp³-hybridized carbons (Fsp3) is 0.0741. The van der Waals surface area contributed by atoms with Gasteiger partial charge in [-0.05, 0) is 119 Å². The van der Waals surface area contributed by atoms with Crippen LogP contribution in [0.3, 0.4) is 0 Å². The lowest BCUT2D eigenvalue weighted by molar-refractivity contribution is -0.144. The summed E-state index contributed by atoms with van der Waals surface area (Å²) in [6.07, 6.45) is -20.4. The number of hydrogen-bond acceptors (Lipinski definition) is 2. The quantitative estimate of drug-likeness (QED) is 0.161. The summed E-state index contributed by atoms with van der Waals surface area (Å²) in [5.74, 6) is 0. The molecule has 0 bridgehead atoms. The van der Waals surface area contributed by atoms with Crippen LogP contribution < -0.4 is 0 Å². The lowest BCUT2D eigenvalue weighted by Crippen LogP contribution is -2.11. The highest BCUT2D eigenvalue weighted by Gasteiger charge is 2.39. The summed E-state index contributed by atoms with van der Waals surface area (Å²) in [4.78, 5) is 0. The number of benzene rings is 8. The van der Waals surface area contributed by atoms with E-state index in [2.05, 4.69) is 12.1 Å². The van der Waals surface area contributed by atoms with Crippen molar-refractivity contribution in [3.63, 3.8) is 0 Å². The molecule has 346 valence electrons. The predicted molar refractivity (Wildman–Crippen MR) is 241 cm³/mol. The van der Waals surface area contributed by atoms with Crippen LogP contribution in [0.5, 0.6) is 0 Å². The van der Waals surface area contributed by atoms with E-state index < -0.39 is 47.0 Å². The number of hydrogen-bond donors (Lipinski definition) is 0. The van der Waals surface area contributed by atoms with E-state index in [1.807, 2.05) is 0 Å². The highest BCUT2D eigenvalue weighted by Crippen LogP contribution is 2.46. The molecular formula is C54H26F12N4. The number of halogens is 12. The molecule has 10 aromatic rings. The maximum absolute atomic E-state index is 14.0. The highest BCUT2D eigenvalue weighted by atomic mass is 19.4. The van der Waals surface area contributed by atoms with Gasteiger partial charge in [0.05, 0.1) is 67.3 Å². The van der Waals surface area contributed by atoms with E-state index in [0.717, 1.165) is 0 Å². The Kier molecular flexibility index (Phi) is 10.4. The van der Waals surface area contributed by atoms with Gasteiger partial charge in [0.2, 0.25) is 0 Å². The number of rotatable bonds is 5. The first-order valence-corrected chi connectivity index (χ1v) is 20.9. The lowest BCUT2D eigenvalue weighted by atomic mass is 9.96. The summed E-state index contributed by atoms with van der Waals surface area (Å²) in [6, 6.07) is 39.5. The first-order chi connectivity index (χ1) is 33.1. The number of fused-ring (bicyclic) bond motifs is 6. The molecule has 0 aliphatic carbocycles. The average molecular weight is 959 g/mol. The Hall–Kier alpha value is -8.50. The van der Waals surface area contributed by atoms with Gasteiger partial charge in [0.1, 0.15) is 11.6 Å². The molecule has 16 heteroatoms. The maximum Gasteiger partial charge on any atom is 0.416 e. The van der Waals surface area contributed by atoms with Crippen molar-refractivity contribution in [3.05, 3.63) is 191 Å². The van der Waals surface area contributed by atoms with Crippen LogP contribution in [0.15, 0.2) is 158 Å². The van der Waals surface area contributed by atoms with Crippen molar-refractivity contribution in [2.75, 3.05) is 0 Å². The van der Waals surface area contributed by atoms with E-state index in [9.17, 15) is 63.2 Å². The summed E-state index contributed by atoms with van der Waals surface area (Å²) in [6.45, 7) is 0. The number of alkyl halides is 12. The second-order valence-corrected chi connectivity index (χ2v) is 16.4. The van der Waals surface area contributed by atoms with Crippen LogP contribution in [0.25, 0.3) is 88.4 Å². The molecule has 0 fully saturated rings. The minimum Gasteiger partial charge on any atom is -0.308 e. The molecule has 10 rings (SSSR count). The van der Waals surface area contributed by atoms with Gasteiger partial charge in [0, 0.05) is 27.1 Å². The molecule has 0 radical (unpaired) electrons. The zero-order valence-electron chi connectivity index (χ0n) is 35.3. The van der Waals surface area contributed by atoms with Gasteiger partial charge < -0.3 is 9.13 Å². The average Bonchev–Trinajstić information content (AvgIpc) is 3.84. The van der Waals surface area contributed by atoms with Gasteiger partial charge in [-0.15, -0.1) is 0 Å². The van der Waals surface area contributed by atoms with Crippen LogP contribution >= 0.6 is 0 Å². The molecule has 70 heavy (non-hydrogen) atoms. The molecular weight excluding hydrogens is 933 g/mol. The van der Waals surface area contributed by atoms with Crippen LogP contribution in [0.1, 0.15) is 33.4 Å². The summed E-state index contributed by atoms with van der Waals surface area (Å²) >= 11 is 0. The summed E-state index contributed by atoms with van der Waals surface area (Å²) in [5, 5.41) is 23.2. The first-order valence-electron chi connectivity index (χ1n) is 20.9. The normalized spacial score (nSPS) is 12.5. The van der Waals surface area contributed by atoms with Crippen LogP contribution in [0.2, 0.25) is 0 Å². The summed E-state index contributed by atoms with van der Waals surface area (Å²) < 4.78 is 171. The van der Waals surface area contributed by atoms with E-state index in [0.29, 0.717) is 79.0 Å². The Bertz CT molecular complexity index is 3810. The molecule has 2 heterocycles. The van der Waals surface area contributed by atoms with Gasteiger partial charge in [-0.3, -0.25) is 0 Å². The Balaban J connectivity index is 1.25. The van der Waals surface area contributed by atoms with Crippen molar-refractivity contribution in [3.8, 4) is 56.9 Å². The predicted octanol–water partition coefficient (Wildman–Crippen LogP) is 16.7. The fourth-order valence-electron chi connectivity index (χ4n) is 9.15. The van der Waals surface area contributed by atoms with Crippen LogP contribution in [-0.4, -0.2) is 9.13 Å². The van der Waals surface area contributed by atoms with Gasteiger partial charge in [-0.1, -0.05) is 66.7 Å². The number of nitrogens with zero attached hydrogens (tertiary/aromatic N) is 4. The third-order valence-electron chi connectivity index (χ3n) is 12.2. The van der Waals surface area contributed by atoms with Crippen molar-refractivity contribution in [1.82, 2.24) is 9.13 Å². The van der Waals surface area contributed by atoms with E-state index in [1.54, 1.807) is 94.1 Å². The number of para-hydroxylation sites is 2. The first kappa shape index (κ1) is 45.3. The standard InChI is InChI=1S/C54H26F12N4/c55-51(56,57)35-19-33(20-36(25-35)52(58,59)60)30-12-15-47-42(23-30)40-8-1-3-10-45(40)69(47)49-17-14-39(32-7-5-6-29(18-32)27-67)50(44(49)28-68)70-46-11-4-2-9-41(46)43-24-31(13-16-48(43)70)34-21-37(53(61,62)63)26-38(22-34)54(64,65)66/h1-26H. The Labute approximate surface area is 387 Å². The summed E-state index contributed by atoms with van der Waals surface area (Å²) in [5.41, 5.74) is -2.99. The molecule has 2 aromatic heterocycles. The van der Waals surface area contributed by atoms with Crippen molar-refractivity contribution in [2.45, 2.75) is 24.7 Å². The van der Waals surface area contributed by atoms with Crippen molar-refractivity contribution < 1.29 is 52.7 Å². The van der Waals surface area contributed by atoms with Crippen LogP contribution in [0.4, 0.5) is 52.7 Å². The van der Waals surface area contributed by atoms with E-state index in [4.69, 9.17) is 0 Å². The van der Waals surface area contributed by atoms with E-state index >= 15 is 0 Å². The summed E-state index contributed by atoms with van der Waals surface area (Å²) in [7, 11) is 0. The molecule has 0 aliphatic rings. The molecule has 0 saturated carbocycles. The monoisotopic (exact) mass is 958 g/mol. The zero-order valence-corrected chi connectivity index (χ0v) is 35.3. The highest BCUT2D eigenvalue weighted by molar-refractivity contribution is 6.13.